The molecule has 0 saturated carbocycles. The maximum absolute atomic E-state index is 9.00. The van der Waals surface area contributed by atoms with Crippen molar-refractivity contribution in [1.29, 1.82) is 5.26 Å². The van der Waals surface area contributed by atoms with Crippen molar-refractivity contribution in [2.45, 2.75) is 44.6 Å². The summed E-state index contributed by atoms with van der Waals surface area (Å²) in [6.45, 7) is 5.63. The lowest BCUT2D eigenvalue weighted by Gasteiger charge is -2.28. The average Bonchev–Trinajstić information content (AvgIpc) is 2.30. The highest BCUT2D eigenvalue weighted by molar-refractivity contribution is 5.02. The molecule has 1 N–H and O–H groups in total. The lowest BCUT2D eigenvalue weighted by molar-refractivity contribution is 0.219. The molecule has 86 valence electrons. The van der Waals surface area contributed by atoms with Gasteiger partial charge in [-0.15, -0.1) is 0 Å². The van der Waals surface area contributed by atoms with Crippen LogP contribution in [-0.2, 0) is 0 Å². The summed E-state index contributed by atoms with van der Waals surface area (Å²) in [5.41, 5.74) is -0.338. The van der Waals surface area contributed by atoms with E-state index in [9.17, 15) is 0 Å². The number of piperidine rings is 1. The van der Waals surface area contributed by atoms with E-state index in [4.69, 9.17) is 5.26 Å². The fourth-order valence-corrected chi connectivity index (χ4v) is 2.08. The van der Waals surface area contributed by atoms with Gasteiger partial charge in [0.05, 0.1) is 6.07 Å². The molecular formula is C12H23N3. The first-order chi connectivity index (χ1) is 7.20. The van der Waals surface area contributed by atoms with Gasteiger partial charge in [-0.25, -0.2) is 0 Å². The monoisotopic (exact) mass is 209 g/mol. The van der Waals surface area contributed by atoms with Crippen LogP contribution in [0.4, 0.5) is 0 Å². The molecule has 1 aliphatic heterocycles. The summed E-state index contributed by atoms with van der Waals surface area (Å²) < 4.78 is 0. The molecule has 0 aliphatic carbocycles. The summed E-state index contributed by atoms with van der Waals surface area (Å²) >= 11 is 0. The average molecular weight is 209 g/mol. The van der Waals surface area contributed by atoms with Crippen molar-refractivity contribution in [3.05, 3.63) is 0 Å². The molecule has 1 unspecified atom stereocenters. The Morgan fingerprint density at radius 1 is 1.33 bits per heavy atom. The molecule has 3 heteroatoms. The van der Waals surface area contributed by atoms with E-state index in [0.29, 0.717) is 0 Å². The number of hydrogen-bond donors (Lipinski definition) is 1. The van der Waals surface area contributed by atoms with Crippen LogP contribution in [0.25, 0.3) is 0 Å². The van der Waals surface area contributed by atoms with Crippen LogP contribution >= 0.6 is 0 Å². The maximum Gasteiger partial charge on any atom is 0.103 e. The Kier molecular flexibility index (Phi) is 5.07. The number of rotatable bonds is 5. The topological polar surface area (TPSA) is 39.1 Å². The first kappa shape index (κ1) is 12.5. The van der Waals surface area contributed by atoms with Gasteiger partial charge in [0.15, 0.2) is 0 Å². The minimum atomic E-state index is -0.338. The van der Waals surface area contributed by atoms with Gasteiger partial charge in [0.1, 0.15) is 5.54 Å². The minimum Gasteiger partial charge on any atom is -0.303 e. The van der Waals surface area contributed by atoms with Crippen molar-refractivity contribution in [3.63, 3.8) is 0 Å². The van der Waals surface area contributed by atoms with E-state index < -0.39 is 0 Å². The molecule has 1 heterocycles. The van der Waals surface area contributed by atoms with Crippen molar-refractivity contribution in [2.24, 2.45) is 0 Å². The number of likely N-dealkylation sites (tertiary alicyclic amines) is 1. The third-order valence-electron chi connectivity index (χ3n) is 3.40. The zero-order valence-electron chi connectivity index (χ0n) is 10.1. The molecule has 1 saturated heterocycles. The highest BCUT2D eigenvalue weighted by atomic mass is 15.1. The number of nitrogens with zero attached hydrogens (tertiary/aromatic N) is 2. The van der Waals surface area contributed by atoms with Crippen LogP contribution in [0, 0.1) is 11.3 Å². The molecular weight excluding hydrogens is 186 g/mol. The normalized spacial score (nSPS) is 21.9. The molecule has 15 heavy (non-hydrogen) atoms. The van der Waals surface area contributed by atoms with Crippen molar-refractivity contribution >= 4 is 0 Å². The Balaban J connectivity index is 2.17. The molecule has 1 rings (SSSR count). The summed E-state index contributed by atoms with van der Waals surface area (Å²) in [5, 5.41) is 12.1. The van der Waals surface area contributed by atoms with Crippen LogP contribution in [0.15, 0.2) is 0 Å². The zero-order chi connectivity index (χ0) is 11.1. The molecule has 0 aromatic heterocycles. The predicted octanol–water partition coefficient (Wildman–Crippen LogP) is 1.75. The van der Waals surface area contributed by atoms with Crippen LogP contribution in [0.5, 0.6) is 0 Å². The van der Waals surface area contributed by atoms with E-state index >= 15 is 0 Å². The fraction of sp³-hybridized carbons (Fsp3) is 0.917. The summed E-state index contributed by atoms with van der Waals surface area (Å²) in [4.78, 5) is 2.52. The zero-order valence-corrected chi connectivity index (χ0v) is 10.1. The van der Waals surface area contributed by atoms with E-state index in [-0.39, 0.29) is 5.54 Å². The molecule has 0 spiro atoms. The van der Waals surface area contributed by atoms with Crippen LogP contribution in [0.1, 0.15) is 39.0 Å². The Labute approximate surface area is 93.5 Å². The van der Waals surface area contributed by atoms with E-state index in [2.05, 4.69) is 16.3 Å². The summed E-state index contributed by atoms with van der Waals surface area (Å²) in [5.74, 6) is 0. The number of nitriles is 1. The first-order valence-electron chi connectivity index (χ1n) is 6.03. The molecule has 3 nitrogen and oxygen atoms in total. The molecule has 1 atom stereocenters. The second-order valence-corrected chi connectivity index (χ2v) is 4.70. The molecule has 1 fully saturated rings. The van der Waals surface area contributed by atoms with Gasteiger partial charge < -0.3 is 10.2 Å². The Morgan fingerprint density at radius 2 is 2.00 bits per heavy atom. The molecule has 0 radical (unpaired) electrons. The Bertz CT molecular complexity index is 215. The van der Waals surface area contributed by atoms with Gasteiger partial charge in [0.2, 0.25) is 0 Å². The van der Waals surface area contributed by atoms with Crippen molar-refractivity contribution in [3.8, 4) is 6.07 Å². The van der Waals surface area contributed by atoms with E-state index in [1.807, 2.05) is 14.0 Å². The van der Waals surface area contributed by atoms with Crippen molar-refractivity contribution in [1.82, 2.24) is 10.2 Å². The SMILES string of the molecule is CNC(C)(C#N)CCCN1CCCCC1. The highest BCUT2D eigenvalue weighted by Crippen LogP contribution is 2.13. The van der Waals surface area contributed by atoms with Gasteiger partial charge in [-0.3, -0.25) is 0 Å². The van der Waals surface area contributed by atoms with Crippen molar-refractivity contribution in [2.75, 3.05) is 26.7 Å². The lowest BCUT2D eigenvalue weighted by Crippen LogP contribution is -2.39. The standard InChI is InChI=1S/C12H23N3/c1-12(11-13,14-2)7-6-10-15-8-4-3-5-9-15/h14H,3-10H2,1-2H3. The highest BCUT2D eigenvalue weighted by Gasteiger charge is 2.20. The molecule has 0 amide bonds. The number of hydrogen-bond acceptors (Lipinski definition) is 3. The van der Waals surface area contributed by atoms with Gasteiger partial charge in [0, 0.05) is 0 Å². The third kappa shape index (κ3) is 4.19. The maximum atomic E-state index is 9.00. The summed E-state index contributed by atoms with van der Waals surface area (Å²) in [6.07, 6.45) is 6.15. The molecule has 0 aromatic rings. The minimum absolute atomic E-state index is 0.338. The van der Waals surface area contributed by atoms with Gasteiger partial charge in [-0.1, -0.05) is 6.42 Å². The smallest absolute Gasteiger partial charge is 0.103 e. The molecule has 0 bridgehead atoms. The Hall–Kier alpha value is -0.590. The fourth-order valence-electron chi connectivity index (χ4n) is 2.08. The van der Waals surface area contributed by atoms with Crippen LogP contribution < -0.4 is 5.32 Å². The lowest BCUT2D eigenvalue weighted by atomic mass is 9.97. The van der Waals surface area contributed by atoms with E-state index in [1.165, 1.54) is 32.4 Å². The van der Waals surface area contributed by atoms with Crippen LogP contribution in [-0.4, -0.2) is 37.1 Å². The summed E-state index contributed by atoms with van der Waals surface area (Å²) in [6, 6.07) is 2.34. The number of nitrogens with one attached hydrogen (secondary N) is 1. The summed E-state index contributed by atoms with van der Waals surface area (Å²) in [7, 11) is 1.87. The van der Waals surface area contributed by atoms with Gasteiger partial charge in [0.25, 0.3) is 0 Å². The Morgan fingerprint density at radius 3 is 2.53 bits per heavy atom. The van der Waals surface area contributed by atoms with Gasteiger partial charge in [-0.2, -0.15) is 5.26 Å². The van der Waals surface area contributed by atoms with E-state index in [0.717, 1.165) is 19.4 Å². The van der Waals surface area contributed by atoms with Crippen molar-refractivity contribution < 1.29 is 0 Å². The van der Waals surface area contributed by atoms with Crippen LogP contribution in [0.2, 0.25) is 0 Å². The predicted molar refractivity (Wildman–Crippen MR) is 62.6 cm³/mol. The third-order valence-corrected chi connectivity index (χ3v) is 3.40. The second kappa shape index (κ2) is 6.09. The first-order valence-corrected chi connectivity index (χ1v) is 6.03. The van der Waals surface area contributed by atoms with Crippen LogP contribution in [0.3, 0.4) is 0 Å². The largest absolute Gasteiger partial charge is 0.303 e. The van der Waals surface area contributed by atoms with Gasteiger partial charge in [-0.05, 0) is 59.3 Å². The molecule has 1 aliphatic rings. The quantitative estimate of drug-likeness (QED) is 0.750. The van der Waals surface area contributed by atoms with Gasteiger partial charge >= 0.3 is 0 Å². The molecule has 0 aromatic carbocycles. The second-order valence-electron chi connectivity index (χ2n) is 4.70. The van der Waals surface area contributed by atoms with E-state index in [1.54, 1.807) is 0 Å².